The summed E-state index contributed by atoms with van der Waals surface area (Å²) in [7, 11) is 3.19. The molecule has 31 nitrogen and oxygen atoms in total. The van der Waals surface area contributed by atoms with Crippen molar-refractivity contribution in [1.29, 1.82) is 0 Å². The zero-order chi connectivity index (χ0) is 97.5. The maximum atomic E-state index is 13.0. The second-order valence-electron chi connectivity index (χ2n) is 32.1. The van der Waals surface area contributed by atoms with Crippen LogP contribution in [-0.2, 0) is 91.8 Å². The van der Waals surface area contributed by atoms with Crippen molar-refractivity contribution >= 4 is 131 Å². The van der Waals surface area contributed by atoms with Crippen molar-refractivity contribution in [2.75, 3.05) is 129 Å². The molecule has 138 heavy (non-hydrogen) atoms. The van der Waals surface area contributed by atoms with E-state index in [9.17, 15) is 73.8 Å². The Labute approximate surface area is 801 Å². The number of aromatic nitrogens is 5. The number of para-hydroxylation sites is 8. The average molecular weight is 1880 g/mol. The third-order valence-electron chi connectivity index (χ3n) is 23.2. The summed E-state index contributed by atoms with van der Waals surface area (Å²) in [6, 6.07) is 78.7. The molecule has 0 atom stereocenters. The molecule has 0 fully saturated rings. The fourth-order valence-electron chi connectivity index (χ4n) is 16.5. The number of aliphatic hydroxyl groups excluding tert-OH is 7. The topological polar surface area (TPSA) is 412 Å². The minimum atomic E-state index is -0.495. The summed E-state index contributed by atoms with van der Waals surface area (Å²) in [4.78, 5) is 124. The fourth-order valence-corrected chi connectivity index (χ4v) is 16.5. The molecular weight excluding hydrogens is 1750 g/mol. The zero-order valence-corrected chi connectivity index (χ0v) is 76.9. The second-order valence-corrected chi connectivity index (χ2v) is 32.1. The quantitative estimate of drug-likeness (QED) is 0.0126. The minimum Gasteiger partial charge on any atom is -0.395 e. The summed E-state index contributed by atoms with van der Waals surface area (Å²) in [6.07, 6.45) is 13.3. The number of hydrogen-bond donors (Lipinski definition) is 12. The summed E-state index contributed by atoms with van der Waals surface area (Å²) < 4.78 is 7.40. The van der Waals surface area contributed by atoms with Crippen LogP contribution in [0.3, 0.4) is 0 Å². The van der Waals surface area contributed by atoms with Gasteiger partial charge in [0.2, 0.25) is 35.4 Å². The SMILES string of the molecule is C.C=C(Cc1cn(CC(=O)N(CCO)c2ccccc2)c2ccccc12)NO.CNC(=O)CCc1cn(CC(=O)N(CCO)c2ccccc2)c2ccccc12.CNC(=O)c1cccc2c1ncn2CC(=O)N(CCO)c1ccccc1.O=C(CO)CCc1cccc2c1ccn2CC(=O)N(CCO)c1ccccc1.O=C(CO)c1ccc(NCC(=O)N(CCO)c2ccccc2)c2c1CCCC2. The monoisotopic (exact) mass is 1870 g/mol. The highest BCUT2D eigenvalue weighted by molar-refractivity contribution is 6.06. The number of amides is 7. The van der Waals surface area contributed by atoms with Gasteiger partial charge in [-0.15, -0.1) is 0 Å². The molecule has 31 heteroatoms. The molecular formula is C107H122N14O17. The number of anilines is 6. The smallest absolute Gasteiger partial charge is 0.253 e. The van der Waals surface area contributed by atoms with Crippen LogP contribution in [0.5, 0.6) is 0 Å². The predicted molar refractivity (Wildman–Crippen MR) is 539 cm³/mol. The van der Waals surface area contributed by atoms with Crippen molar-refractivity contribution < 1.29 is 84.1 Å². The molecule has 0 spiro atoms. The van der Waals surface area contributed by atoms with Gasteiger partial charge in [0, 0.05) is 163 Å². The number of fused-ring (bicyclic) bond motifs is 5. The van der Waals surface area contributed by atoms with Gasteiger partial charge in [-0.1, -0.05) is 160 Å². The number of nitrogens with one attached hydrogen (secondary N) is 4. The van der Waals surface area contributed by atoms with Crippen molar-refractivity contribution in [3.63, 3.8) is 0 Å². The van der Waals surface area contributed by atoms with E-state index in [2.05, 4.69) is 33.0 Å². The van der Waals surface area contributed by atoms with Crippen LogP contribution < -0.4 is 45.9 Å². The molecule has 1 aliphatic carbocycles. The number of hydrogen-bond acceptors (Lipinski definition) is 20. The molecule has 0 radical (unpaired) electrons. The first kappa shape index (κ1) is 105. The van der Waals surface area contributed by atoms with E-state index in [0.29, 0.717) is 53.5 Å². The molecule has 0 saturated heterocycles. The molecule has 4 heterocycles. The Morgan fingerprint density at radius 3 is 1.25 bits per heavy atom. The number of nitrogens with zero attached hydrogens (tertiary/aromatic N) is 10. The lowest BCUT2D eigenvalue weighted by molar-refractivity contribution is -0.122. The van der Waals surface area contributed by atoms with Crippen LogP contribution in [0.25, 0.3) is 43.7 Å². The summed E-state index contributed by atoms with van der Waals surface area (Å²) in [5.41, 5.74) is 17.3. The largest absolute Gasteiger partial charge is 0.395 e. The van der Waals surface area contributed by atoms with Gasteiger partial charge < -0.3 is 94.5 Å². The van der Waals surface area contributed by atoms with Crippen LogP contribution in [0.1, 0.15) is 81.6 Å². The van der Waals surface area contributed by atoms with Crippen molar-refractivity contribution in [3.8, 4) is 0 Å². The number of aryl methyl sites for hydroxylation is 2. The van der Waals surface area contributed by atoms with Gasteiger partial charge in [-0.25, -0.2) is 4.98 Å². The molecule has 10 aromatic carbocycles. The molecule has 12 N–H and O–H groups in total. The predicted octanol–water partition coefficient (Wildman–Crippen LogP) is 11.4. The van der Waals surface area contributed by atoms with Crippen LogP contribution >= 0.6 is 0 Å². The number of ketones is 2. The number of carbonyl (C=O) groups excluding carboxylic acids is 9. The highest BCUT2D eigenvalue weighted by atomic mass is 16.5. The molecule has 0 saturated carbocycles. The van der Waals surface area contributed by atoms with Crippen molar-refractivity contribution in [3.05, 3.63) is 331 Å². The molecule has 1 aliphatic rings. The van der Waals surface area contributed by atoms with E-state index in [0.717, 1.165) is 120 Å². The molecule has 0 bridgehead atoms. The maximum Gasteiger partial charge on any atom is 0.253 e. The van der Waals surface area contributed by atoms with E-state index in [1.807, 2.05) is 269 Å². The first-order valence-electron chi connectivity index (χ1n) is 45.3. The third kappa shape index (κ3) is 28.1. The van der Waals surface area contributed by atoms with E-state index in [1.54, 1.807) is 62.8 Å². The number of rotatable bonds is 39. The van der Waals surface area contributed by atoms with Crippen LogP contribution in [0, 0.1) is 0 Å². The average Bonchev–Trinajstić information content (AvgIpc) is 1.54. The van der Waals surface area contributed by atoms with Gasteiger partial charge in [-0.3, -0.25) is 53.8 Å². The Morgan fingerprint density at radius 1 is 0.391 bits per heavy atom. The lowest BCUT2D eigenvalue weighted by Gasteiger charge is -2.25. The molecule has 7 amide bonds. The van der Waals surface area contributed by atoms with Crippen LogP contribution in [0.2, 0.25) is 0 Å². The van der Waals surface area contributed by atoms with E-state index >= 15 is 0 Å². The van der Waals surface area contributed by atoms with Crippen LogP contribution in [-0.4, -0.2) is 217 Å². The van der Waals surface area contributed by atoms with E-state index in [1.165, 1.54) is 4.90 Å². The number of benzene rings is 10. The lowest BCUT2D eigenvalue weighted by atomic mass is 9.86. The number of allylic oxidation sites excluding steroid dienone is 1. The van der Waals surface area contributed by atoms with E-state index < -0.39 is 13.2 Å². The molecule has 14 aromatic rings. The number of imidazole rings is 1. The molecule has 0 unspecified atom stereocenters. The Morgan fingerprint density at radius 2 is 0.790 bits per heavy atom. The lowest BCUT2D eigenvalue weighted by Crippen LogP contribution is -2.37. The standard InChI is InChI=1S/C22H25N3O3.C22H24N2O4.C22H26N2O4.C21H23N3O3.C19H20N4O3.CH4/c1-23-21(27)12-11-17-15-24(20-10-6-5-9-19(17)20)16-22(28)25(13-14-26)18-7-3-2-4-8-18;25-14-13-24(18-6-2-1-3-7-18)22(28)15-23-12-11-20-17(5-4-8-21(20)23)9-10-19(27)16-26;25-13-12-24(16-6-2-1-3-7-16)22(28)14-23-20-11-10-19(21(27)15-26)17-8-4-5-9-18(17)20;1-16(22-27)13-17-14-23(20-10-6-5-9-19(17)20)15-21(26)24(11-12-25)18-7-3-2-4-8-18;1-20-19(26)15-8-5-9-16-18(15)21-13-22(16)12-17(25)23(10-11-24)14-6-3-2-4-7-14;/h2-10,15,26H,11-14,16H2,1H3,(H,23,27);1-8,11-12,25-26H,9-10,13-16H2;1-3,6-7,10-11,23,25-26H,4-5,8-9,12-15H2;2-10,14,22,25,27H,1,11-13,15H2;2-9,13,24H,10-12H2,1H3,(H,20,26);1H4. The van der Waals surface area contributed by atoms with Gasteiger partial charge in [-0.2, -0.15) is 0 Å². The van der Waals surface area contributed by atoms with Gasteiger partial charge in [0.15, 0.2) is 11.6 Å². The Hall–Kier alpha value is -15.1. The maximum absolute atomic E-state index is 13.0. The zero-order valence-electron chi connectivity index (χ0n) is 76.9. The third-order valence-corrected chi connectivity index (χ3v) is 23.2. The van der Waals surface area contributed by atoms with Crippen molar-refractivity contribution in [2.24, 2.45) is 0 Å². The second kappa shape index (κ2) is 53.9. The van der Waals surface area contributed by atoms with Crippen LogP contribution in [0.15, 0.2) is 292 Å². The normalized spacial score (nSPS) is 11.1. The Bertz CT molecular complexity index is 6360. The fraction of sp³-hybridized carbons (Fsp3) is 0.271. The van der Waals surface area contributed by atoms with E-state index in [-0.39, 0.29) is 165 Å². The van der Waals surface area contributed by atoms with Gasteiger partial charge in [0.05, 0.1) is 57.0 Å². The summed E-state index contributed by atoms with van der Waals surface area (Å²) in [5.74, 6) is -1.31. The Kier molecular flexibility index (Phi) is 41.0. The number of hydroxylamine groups is 1. The first-order chi connectivity index (χ1) is 66.7. The van der Waals surface area contributed by atoms with Gasteiger partial charge in [0.25, 0.3) is 5.91 Å². The molecule has 0 aliphatic heterocycles. The summed E-state index contributed by atoms with van der Waals surface area (Å²) >= 11 is 0. The highest BCUT2D eigenvalue weighted by Gasteiger charge is 2.27. The van der Waals surface area contributed by atoms with E-state index in [4.69, 9.17) is 10.3 Å². The number of carbonyl (C=O) groups is 9. The molecule has 4 aromatic heterocycles. The highest BCUT2D eigenvalue weighted by Crippen LogP contribution is 2.33. The van der Waals surface area contributed by atoms with Crippen LogP contribution in [0.4, 0.5) is 34.1 Å². The van der Waals surface area contributed by atoms with Crippen molar-refractivity contribution in [1.82, 2.24) is 39.4 Å². The number of Topliss-reactive ketones (excluding diaryl/α,β-unsaturated/α-hetero) is 2. The van der Waals surface area contributed by atoms with Crippen molar-refractivity contribution in [2.45, 2.75) is 91.4 Å². The first-order valence-corrected chi connectivity index (χ1v) is 45.3. The van der Waals surface area contributed by atoms with Gasteiger partial charge in [0.1, 0.15) is 44.9 Å². The Balaban J connectivity index is 0.000000178. The number of aliphatic hydroxyl groups is 7. The van der Waals surface area contributed by atoms with Gasteiger partial charge >= 0.3 is 0 Å². The minimum absolute atomic E-state index is 0. The molecule has 722 valence electrons. The summed E-state index contributed by atoms with van der Waals surface area (Å²) in [6.45, 7) is 4.00. The summed E-state index contributed by atoms with van der Waals surface area (Å²) in [5, 5.41) is 85.4. The van der Waals surface area contributed by atoms with Gasteiger partial charge in [-0.05, 0) is 176 Å². The molecule has 15 rings (SSSR count).